The van der Waals surface area contributed by atoms with E-state index in [0.29, 0.717) is 12.0 Å². The SMILES string of the molecule is CCCC1(F)COC(c2ccc(-c3ccc(-c4ccc(CC)cc4)c(F)c3)cc2)OC1. The molecule has 0 atom stereocenters. The van der Waals surface area contributed by atoms with Crippen LogP contribution in [0.2, 0.25) is 0 Å². The summed E-state index contributed by atoms with van der Waals surface area (Å²) in [6, 6.07) is 20.9. The fourth-order valence-electron chi connectivity index (χ4n) is 4.01. The van der Waals surface area contributed by atoms with Gasteiger partial charge in [0, 0.05) is 11.1 Å². The molecule has 1 heterocycles. The van der Waals surface area contributed by atoms with Gasteiger partial charge < -0.3 is 9.47 Å². The van der Waals surface area contributed by atoms with Crippen LogP contribution >= 0.6 is 0 Å². The molecule has 162 valence electrons. The van der Waals surface area contributed by atoms with Gasteiger partial charge in [-0.1, -0.05) is 80.9 Å². The topological polar surface area (TPSA) is 18.5 Å². The number of hydrogen-bond donors (Lipinski definition) is 0. The maximum Gasteiger partial charge on any atom is 0.184 e. The minimum atomic E-state index is -1.40. The van der Waals surface area contributed by atoms with Crippen LogP contribution < -0.4 is 0 Å². The number of alkyl halides is 1. The van der Waals surface area contributed by atoms with Gasteiger partial charge in [0.05, 0.1) is 13.2 Å². The summed E-state index contributed by atoms with van der Waals surface area (Å²) in [5.41, 5.74) is 3.82. The molecule has 1 aliphatic heterocycles. The van der Waals surface area contributed by atoms with Gasteiger partial charge >= 0.3 is 0 Å². The van der Waals surface area contributed by atoms with Crippen LogP contribution in [-0.2, 0) is 15.9 Å². The van der Waals surface area contributed by atoms with Gasteiger partial charge in [-0.3, -0.25) is 0 Å². The average Bonchev–Trinajstić information content (AvgIpc) is 2.80. The molecule has 1 aliphatic rings. The first-order valence-corrected chi connectivity index (χ1v) is 10.9. The van der Waals surface area contributed by atoms with Gasteiger partial charge in [-0.15, -0.1) is 0 Å². The summed E-state index contributed by atoms with van der Waals surface area (Å²) < 4.78 is 40.6. The van der Waals surface area contributed by atoms with Crippen molar-refractivity contribution < 1.29 is 18.3 Å². The standard InChI is InChI=1S/C27H28F2O2/c1-3-15-27(29)17-30-26(31-18-27)22-11-9-20(10-12-22)23-13-14-24(25(28)16-23)21-7-5-19(4-2)6-8-21/h5-14,16,26H,3-4,15,17-18H2,1-2H3. The number of benzene rings is 3. The molecular formula is C27H28F2O2. The predicted molar refractivity (Wildman–Crippen MR) is 120 cm³/mol. The molecular weight excluding hydrogens is 394 g/mol. The molecule has 0 aliphatic carbocycles. The third kappa shape index (κ3) is 4.86. The summed E-state index contributed by atoms with van der Waals surface area (Å²) in [6.45, 7) is 4.13. The zero-order valence-corrected chi connectivity index (χ0v) is 18.0. The van der Waals surface area contributed by atoms with Gasteiger partial charge in [-0.05, 0) is 41.2 Å². The zero-order valence-electron chi connectivity index (χ0n) is 18.0. The molecule has 3 aromatic rings. The van der Waals surface area contributed by atoms with E-state index in [1.54, 1.807) is 6.07 Å². The maximum absolute atomic E-state index is 14.8. The minimum Gasteiger partial charge on any atom is -0.345 e. The second kappa shape index (κ2) is 9.29. The number of aryl methyl sites for hydroxylation is 1. The van der Waals surface area contributed by atoms with Crippen LogP contribution in [0.15, 0.2) is 66.7 Å². The lowest BCUT2D eigenvalue weighted by atomic mass is 9.98. The number of hydrogen-bond acceptors (Lipinski definition) is 2. The summed E-state index contributed by atoms with van der Waals surface area (Å²) >= 11 is 0. The van der Waals surface area contributed by atoms with Crippen molar-refractivity contribution in [3.05, 3.63) is 83.7 Å². The van der Waals surface area contributed by atoms with Gasteiger partial charge in [0.15, 0.2) is 12.0 Å². The van der Waals surface area contributed by atoms with Gasteiger partial charge in [0.25, 0.3) is 0 Å². The molecule has 0 bridgehead atoms. The van der Waals surface area contributed by atoms with E-state index in [9.17, 15) is 8.78 Å². The van der Waals surface area contributed by atoms with Crippen LogP contribution in [0.3, 0.4) is 0 Å². The first kappa shape index (κ1) is 21.7. The molecule has 2 nitrogen and oxygen atoms in total. The number of ether oxygens (including phenoxy) is 2. The lowest BCUT2D eigenvalue weighted by molar-refractivity contribution is -0.238. The van der Waals surface area contributed by atoms with Crippen LogP contribution in [0, 0.1) is 5.82 Å². The van der Waals surface area contributed by atoms with Crippen molar-refractivity contribution in [2.75, 3.05) is 13.2 Å². The molecule has 0 radical (unpaired) electrons. The highest BCUT2D eigenvalue weighted by atomic mass is 19.1. The Labute approximate surface area is 182 Å². The van der Waals surface area contributed by atoms with Crippen LogP contribution in [0.25, 0.3) is 22.3 Å². The molecule has 0 saturated carbocycles. The summed E-state index contributed by atoms with van der Waals surface area (Å²) in [5.74, 6) is -0.250. The van der Waals surface area contributed by atoms with Gasteiger partial charge in [0.1, 0.15) is 5.82 Å². The van der Waals surface area contributed by atoms with E-state index >= 15 is 0 Å². The maximum atomic E-state index is 14.8. The first-order chi connectivity index (χ1) is 15.0. The molecule has 0 unspecified atom stereocenters. The second-order valence-electron chi connectivity index (χ2n) is 8.22. The predicted octanol–water partition coefficient (Wildman–Crippen LogP) is 7.28. The monoisotopic (exact) mass is 422 g/mol. The van der Waals surface area contributed by atoms with Gasteiger partial charge in [-0.2, -0.15) is 0 Å². The lowest BCUT2D eigenvalue weighted by Crippen LogP contribution is -2.41. The number of halogens is 2. The van der Waals surface area contributed by atoms with Crippen molar-refractivity contribution in [3.63, 3.8) is 0 Å². The largest absolute Gasteiger partial charge is 0.345 e. The Hall–Kier alpha value is -2.56. The van der Waals surface area contributed by atoms with Crippen molar-refractivity contribution >= 4 is 0 Å². The molecule has 3 aromatic carbocycles. The highest BCUT2D eigenvalue weighted by Crippen LogP contribution is 2.33. The van der Waals surface area contributed by atoms with Crippen LogP contribution in [-0.4, -0.2) is 18.9 Å². The van der Waals surface area contributed by atoms with E-state index in [2.05, 4.69) is 6.92 Å². The highest BCUT2D eigenvalue weighted by Gasteiger charge is 2.36. The molecule has 0 amide bonds. The van der Waals surface area contributed by atoms with Gasteiger partial charge in [0.2, 0.25) is 0 Å². The Morgan fingerprint density at radius 2 is 1.45 bits per heavy atom. The van der Waals surface area contributed by atoms with Crippen molar-refractivity contribution in [1.29, 1.82) is 0 Å². The van der Waals surface area contributed by atoms with E-state index in [-0.39, 0.29) is 19.0 Å². The van der Waals surface area contributed by atoms with Crippen molar-refractivity contribution in [1.82, 2.24) is 0 Å². The Kier molecular flexibility index (Phi) is 6.49. The summed E-state index contributed by atoms with van der Waals surface area (Å²) in [7, 11) is 0. The van der Waals surface area contributed by atoms with E-state index < -0.39 is 12.0 Å². The molecule has 0 aromatic heterocycles. The number of rotatable bonds is 6. The average molecular weight is 423 g/mol. The Morgan fingerprint density at radius 1 is 0.839 bits per heavy atom. The quantitative estimate of drug-likeness (QED) is 0.416. The minimum absolute atomic E-state index is 0.0408. The normalized spacial score (nSPS) is 21.2. The van der Waals surface area contributed by atoms with Crippen LogP contribution in [0.1, 0.15) is 44.1 Å². The summed E-state index contributed by atoms with van der Waals surface area (Å²) in [6.07, 6.45) is 1.58. The van der Waals surface area contributed by atoms with Gasteiger partial charge in [-0.25, -0.2) is 8.78 Å². The summed E-state index contributed by atoms with van der Waals surface area (Å²) in [5, 5.41) is 0. The Balaban J connectivity index is 1.47. The van der Waals surface area contributed by atoms with Crippen LogP contribution in [0.5, 0.6) is 0 Å². The molecule has 0 N–H and O–H groups in total. The smallest absolute Gasteiger partial charge is 0.184 e. The molecule has 1 saturated heterocycles. The first-order valence-electron chi connectivity index (χ1n) is 10.9. The van der Waals surface area contributed by atoms with E-state index in [4.69, 9.17) is 9.47 Å². The van der Waals surface area contributed by atoms with E-state index in [1.807, 2.05) is 67.6 Å². The van der Waals surface area contributed by atoms with E-state index in [0.717, 1.165) is 35.1 Å². The fraction of sp³-hybridized carbons (Fsp3) is 0.333. The molecule has 4 rings (SSSR count). The van der Waals surface area contributed by atoms with Crippen molar-refractivity contribution in [2.45, 2.75) is 45.1 Å². The molecule has 31 heavy (non-hydrogen) atoms. The van der Waals surface area contributed by atoms with E-state index in [1.165, 1.54) is 5.56 Å². The second-order valence-corrected chi connectivity index (χ2v) is 8.22. The zero-order chi connectivity index (χ0) is 21.8. The third-order valence-electron chi connectivity index (χ3n) is 5.84. The lowest BCUT2D eigenvalue weighted by Gasteiger charge is -2.34. The Bertz CT molecular complexity index is 1000. The summed E-state index contributed by atoms with van der Waals surface area (Å²) in [4.78, 5) is 0. The van der Waals surface area contributed by atoms with Crippen molar-refractivity contribution in [2.24, 2.45) is 0 Å². The molecule has 0 spiro atoms. The fourth-order valence-corrected chi connectivity index (χ4v) is 4.01. The van der Waals surface area contributed by atoms with Crippen LogP contribution in [0.4, 0.5) is 8.78 Å². The van der Waals surface area contributed by atoms with Crippen molar-refractivity contribution in [3.8, 4) is 22.3 Å². The molecule has 1 fully saturated rings. The third-order valence-corrected chi connectivity index (χ3v) is 5.84. The molecule has 4 heteroatoms. The highest BCUT2D eigenvalue weighted by molar-refractivity contribution is 5.71. The Morgan fingerprint density at radius 3 is 2.03 bits per heavy atom.